The minimum atomic E-state index is -4.22. The molecule has 2 atom stereocenters. The highest BCUT2D eigenvalue weighted by Crippen LogP contribution is 2.32. The van der Waals surface area contributed by atoms with Crippen molar-refractivity contribution in [2.45, 2.75) is 89.0 Å². The first-order valence-electron chi connectivity index (χ1n) is 16.6. The number of hydrogen-bond acceptors (Lipinski definition) is 10. The summed E-state index contributed by atoms with van der Waals surface area (Å²) in [4.78, 5) is 52.5. The van der Waals surface area contributed by atoms with E-state index in [0.717, 1.165) is 9.87 Å². The number of nitrogens with zero attached hydrogens (tertiary/aromatic N) is 1. The van der Waals surface area contributed by atoms with Gasteiger partial charge in [0.25, 0.3) is 5.91 Å². The number of amides is 3. The van der Waals surface area contributed by atoms with E-state index in [1.807, 2.05) is 25.7 Å². The third-order valence-corrected chi connectivity index (χ3v) is 10.2. The van der Waals surface area contributed by atoms with Crippen LogP contribution in [-0.2, 0) is 58.0 Å². The van der Waals surface area contributed by atoms with Gasteiger partial charge in [0, 0.05) is 12.2 Å². The van der Waals surface area contributed by atoms with Gasteiger partial charge in [0.2, 0.25) is 24.2 Å². The molecule has 0 radical (unpaired) electrons. The molecule has 0 unspecified atom stereocenters. The lowest BCUT2D eigenvalue weighted by atomic mass is 9.95. The minimum Gasteiger partial charge on any atom is -0.497 e. The number of anilines is 1. The molecule has 1 aliphatic rings. The molecule has 3 aromatic rings. The molecule has 0 fully saturated rings. The van der Waals surface area contributed by atoms with E-state index in [9.17, 15) is 27.6 Å². The highest BCUT2D eigenvalue weighted by atomic mass is 32.2. The van der Waals surface area contributed by atoms with Crippen LogP contribution in [0.2, 0.25) is 19.6 Å². The normalized spacial score (nSPS) is 15.4. The van der Waals surface area contributed by atoms with Crippen LogP contribution in [0.25, 0.3) is 0 Å². The molecule has 0 aliphatic carbocycles. The topological polar surface area (TPSA) is 179 Å². The zero-order valence-corrected chi connectivity index (χ0v) is 32.2. The van der Waals surface area contributed by atoms with Gasteiger partial charge in [-0.25, -0.2) is 18.7 Å². The second-order valence-electron chi connectivity index (χ2n) is 14.1. The molecule has 4 rings (SSSR count). The molecule has 16 heteroatoms. The summed E-state index contributed by atoms with van der Waals surface area (Å²) in [5.41, 5.74) is 3.84. The van der Waals surface area contributed by atoms with E-state index in [0.29, 0.717) is 16.9 Å². The van der Waals surface area contributed by atoms with Crippen LogP contribution >= 0.6 is 0 Å². The highest BCUT2D eigenvalue weighted by Gasteiger charge is 2.40. The molecule has 3 N–H and O–H groups in total. The maximum absolute atomic E-state index is 14.0. The summed E-state index contributed by atoms with van der Waals surface area (Å²) in [7, 11) is -4.96. The van der Waals surface area contributed by atoms with Crippen molar-refractivity contribution in [1.82, 2.24) is 15.1 Å². The average Bonchev–Trinajstić information content (AvgIpc) is 3.08. The van der Waals surface area contributed by atoms with Crippen LogP contribution < -0.4 is 20.9 Å². The Bertz CT molecular complexity index is 1860. The Morgan fingerprint density at radius 1 is 0.942 bits per heavy atom. The van der Waals surface area contributed by atoms with Crippen molar-refractivity contribution in [2.24, 2.45) is 0 Å². The van der Waals surface area contributed by atoms with Crippen LogP contribution in [-0.4, -0.2) is 69.7 Å². The highest BCUT2D eigenvalue weighted by molar-refractivity contribution is 7.89. The summed E-state index contributed by atoms with van der Waals surface area (Å²) >= 11 is 0. The van der Waals surface area contributed by atoms with Crippen molar-refractivity contribution in [3.8, 4) is 5.75 Å². The number of esters is 1. The van der Waals surface area contributed by atoms with Crippen molar-refractivity contribution >= 4 is 47.9 Å². The number of carbonyl (C=O) groups is 4. The predicted octanol–water partition coefficient (Wildman–Crippen LogP) is 4.66. The number of fused-ring (bicyclic) bond motifs is 1. The maximum Gasteiger partial charge on any atom is 0.408 e. The monoisotopic (exact) mass is 754 g/mol. The van der Waals surface area contributed by atoms with Crippen LogP contribution in [0.4, 0.5) is 10.5 Å². The fraction of sp³-hybridized carbons (Fsp3) is 0.389. The number of methoxy groups -OCH3 is 1. The zero-order valence-electron chi connectivity index (χ0n) is 30.3. The smallest absolute Gasteiger partial charge is 0.408 e. The second kappa shape index (κ2) is 16.7. The van der Waals surface area contributed by atoms with Crippen LogP contribution in [0.3, 0.4) is 0 Å². The van der Waals surface area contributed by atoms with Crippen molar-refractivity contribution in [2.75, 3.05) is 12.4 Å². The number of ether oxygens (including phenoxy) is 3. The minimum absolute atomic E-state index is 0.0237. The lowest BCUT2D eigenvalue weighted by molar-refractivity contribution is -0.156. The first-order valence-corrected chi connectivity index (χ1v) is 21.4. The summed E-state index contributed by atoms with van der Waals surface area (Å²) in [5.74, 6) is -1.60. The molecular formula is C36H46N4O10SSi. The molecule has 0 bridgehead atoms. The maximum atomic E-state index is 14.0. The number of hydrogen-bond donors (Lipinski definition) is 3. The molecule has 3 aromatic carbocycles. The van der Waals surface area contributed by atoms with E-state index >= 15 is 0 Å². The molecule has 1 aliphatic heterocycles. The fourth-order valence-electron chi connectivity index (χ4n) is 5.16. The summed E-state index contributed by atoms with van der Waals surface area (Å²) < 4.78 is 50.6. The van der Waals surface area contributed by atoms with Gasteiger partial charge in [-0.05, 0) is 99.9 Å². The lowest BCUT2D eigenvalue weighted by Crippen LogP contribution is -2.53. The average molecular weight is 755 g/mol. The van der Waals surface area contributed by atoms with Crippen LogP contribution in [0, 0.1) is 0 Å². The van der Waals surface area contributed by atoms with Gasteiger partial charge in [-0.15, -0.1) is 0 Å². The van der Waals surface area contributed by atoms with E-state index in [1.165, 1.54) is 31.4 Å². The predicted molar refractivity (Wildman–Crippen MR) is 195 cm³/mol. The number of carbonyl (C=O) groups excluding carboxylic acids is 4. The fourth-order valence-corrected chi connectivity index (χ4v) is 7.14. The Balaban J connectivity index is 1.58. The molecular weight excluding hydrogens is 709 g/mol. The number of hydroxylamine groups is 1. The quantitative estimate of drug-likeness (QED) is 0.126. The van der Waals surface area contributed by atoms with E-state index in [1.54, 1.807) is 63.2 Å². The number of sulfonamides is 1. The summed E-state index contributed by atoms with van der Waals surface area (Å²) in [5, 5.41) is 5.17. The standard InChI is InChI=1S/C36H46N4O10SSi/c1-36(2,3)49-32(41)21-30(38-35(44)48-23-24-11-9-8-10-12-24)33(42)37-27-14-13-25-20-31(34(43)39-50-52(5,6)7)40(22-26(25)19-27)51(45,46)29-17-15-28(47-4)16-18-29/h8-19,30-31H,20-23H2,1-7H3,(H,37,42)(H,38,44)(H,39,43)/t30-,31+/m0/s1. The molecule has 14 nitrogen and oxygen atoms in total. The van der Waals surface area contributed by atoms with E-state index < -0.39 is 66.3 Å². The second-order valence-corrected chi connectivity index (χ2v) is 20.5. The summed E-state index contributed by atoms with van der Waals surface area (Å²) in [6, 6.07) is 17.1. The Morgan fingerprint density at radius 2 is 1.62 bits per heavy atom. The zero-order chi connectivity index (χ0) is 38.3. The van der Waals surface area contributed by atoms with Crippen molar-refractivity contribution < 1.29 is 46.3 Å². The van der Waals surface area contributed by atoms with Gasteiger partial charge in [0.15, 0.2) is 0 Å². The number of nitrogens with one attached hydrogen (secondary N) is 3. The molecule has 0 saturated carbocycles. The van der Waals surface area contributed by atoms with Crippen molar-refractivity contribution in [1.29, 1.82) is 0 Å². The molecule has 280 valence electrons. The van der Waals surface area contributed by atoms with Crippen LogP contribution in [0.5, 0.6) is 5.75 Å². The largest absolute Gasteiger partial charge is 0.497 e. The van der Waals surface area contributed by atoms with Gasteiger partial charge in [-0.1, -0.05) is 36.4 Å². The Morgan fingerprint density at radius 3 is 2.23 bits per heavy atom. The van der Waals surface area contributed by atoms with Gasteiger partial charge in [0.1, 0.15) is 30.0 Å². The molecule has 3 amide bonds. The first-order chi connectivity index (χ1) is 24.3. The van der Waals surface area contributed by atoms with E-state index in [-0.39, 0.29) is 30.2 Å². The molecule has 52 heavy (non-hydrogen) atoms. The number of rotatable bonds is 13. The molecule has 0 saturated heterocycles. The molecule has 0 spiro atoms. The van der Waals surface area contributed by atoms with Crippen LogP contribution in [0.1, 0.15) is 43.9 Å². The number of benzene rings is 3. The SMILES string of the molecule is COc1ccc(S(=O)(=O)N2Cc3cc(NC(=O)[C@H](CC(=O)OC(C)(C)C)NC(=O)OCc4ccccc4)ccc3C[C@@H]2C(=O)NO[Si](C)(C)C)cc1. The molecule has 1 heterocycles. The van der Waals surface area contributed by atoms with Gasteiger partial charge in [-0.2, -0.15) is 4.31 Å². The van der Waals surface area contributed by atoms with E-state index in [4.69, 9.17) is 18.7 Å². The van der Waals surface area contributed by atoms with Crippen molar-refractivity contribution in [3.63, 3.8) is 0 Å². The molecule has 0 aromatic heterocycles. The summed E-state index contributed by atoms with van der Waals surface area (Å²) in [6.45, 7) is 10.4. The number of alkyl carbamates (subject to hydrolysis) is 1. The third kappa shape index (κ3) is 11.4. The Kier molecular flexibility index (Phi) is 12.9. The Hall–Kier alpha value is -4.77. The Labute approximate surface area is 305 Å². The summed E-state index contributed by atoms with van der Waals surface area (Å²) in [6.07, 6.45) is -1.38. The lowest BCUT2D eigenvalue weighted by Gasteiger charge is -2.35. The third-order valence-electron chi connectivity index (χ3n) is 7.60. The van der Waals surface area contributed by atoms with Crippen LogP contribution in [0.15, 0.2) is 77.7 Å². The van der Waals surface area contributed by atoms with Gasteiger partial charge < -0.3 is 29.4 Å². The van der Waals surface area contributed by atoms with Gasteiger partial charge >= 0.3 is 12.1 Å². The van der Waals surface area contributed by atoms with Gasteiger partial charge in [0.05, 0.1) is 18.4 Å². The van der Waals surface area contributed by atoms with Crippen molar-refractivity contribution in [3.05, 3.63) is 89.5 Å². The van der Waals surface area contributed by atoms with Gasteiger partial charge in [-0.3, -0.25) is 14.4 Å². The van der Waals surface area contributed by atoms with E-state index in [2.05, 4.69) is 16.1 Å². The first kappa shape index (κ1) is 40.0.